The first kappa shape index (κ1) is 20.3. The molecule has 4 nitrogen and oxygen atoms in total. The molecule has 160 valence electrons. The first-order chi connectivity index (χ1) is 13.9. The minimum atomic E-state index is -0.720. The van der Waals surface area contributed by atoms with Crippen molar-refractivity contribution in [2.75, 3.05) is 7.11 Å². The number of nitrogens with one attached hydrogen (secondary N) is 1. The van der Waals surface area contributed by atoms with E-state index in [1.54, 1.807) is 11.7 Å². The number of aromatic amines is 1. The van der Waals surface area contributed by atoms with Crippen LogP contribution in [0.2, 0.25) is 0 Å². The minimum Gasteiger partial charge on any atom is -0.381 e. The third-order valence-corrected chi connectivity index (χ3v) is 6.97. The standard InChI is InChI=1S/C23H30F2N2O2.H2/c1-23(10-8-18(29-2)9-11-23)14-15-4-3-5-17(7-6-15)27-20-13-16(24)12-19(25)21(20)26-22(27)28;/h4,12-13,17-18H,3,5-11,14H2,1-2H3,(H,26,28);1H. The molecule has 1 N–H and O–H groups in total. The summed E-state index contributed by atoms with van der Waals surface area (Å²) in [6, 6.07) is 2.02. The van der Waals surface area contributed by atoms with Crippen LogP contribution in [0.1, 0.15) is 72.2 Å². The van der Waals surface area contributed by atoms with Crippen LogP contribution in [0.25, 0.3) is 11.0 Å². The van der Waals surface area contributed by atoms with Gasteiger partial charge in [-0.2, -0.15) is 0 Å². The Balaban J connectivity index is 0.00000256. The molecule has 0 aliphatic heterocycles. The van der Waals surface area contributed by atoms with Gasteiger partial charge in [-0.3, -0.25) is 4.57 Å². The molecule has 1 aromatic heterocycles. The van der Waals surface area contributed by atoms with Gasteiger partial charge in [0, 0.05) is 26.7 Å². The summed E-state index contributed by atoms with van der Waals surface area (Å²) in [6.07, 6.45) is 11.8. The first-order valence-corrected chi connectivity index (χ1v) is 10.7. The zero-order valence-corrected chi connectivity index (χ0v) is 17.3. The molecule has 29 heavy (non-hydrogen) atoms. The van der Waals surface area contributed by atoms with Gasteiger partial charge >= 0.3 is 5.69 Å². The topological polar surface area (TPSA) is 47.0 Å². The van der Waals surface area contributed by atoms with Crippen molar-refractivity contribution in [3.8, 4) is 0 Å². The summed E-state index contributed by atoms with van der Waals surface area (Å²) in [4.78, 5) is 15.1. The van der Waals surface area contributed by atoms with Crippen molar-refractivity contribution in [3.63, 3.8) is 0 Å². The lowest BCUT2D eigenvalue weighted by atomic mass is 9.70. The molecule has 0 radical (unpaired) electrons. The molecule has 1 heterocycles. The molecule has 0 amide bonds. The lowest BCUT2D eigenvalue weighted by molar-refractivity contribution is 0.0323. The van der Waals surface area contributed by atoms with E-state index in [-0.39, 0.29) is 18.7 Å². The number of methoxy groups -OCH3 is 1. The number of hydrogen-bond donors (Lipinski definition) is 1. The molecule has 0 spiro atoms. The molecular formula is C23H32F2N2O2. The van der Waals surface area contributed by atoms with Gasteiger partial charge in [0.1, 0.15) is 11.3 Å². The van der Waals surface area contributed by atoms with Gasteiger partial charge in [-0.25, -0.2) is 13.6 Å². The van der Waals surface area contributed by atoms with E-state index in [0.29, 0.717) is 17.0 Å². The number of H-pyrrole nitrogens is 1. The smallest absolute Gasteiger partial charge is 0.326 e. The van der Waals surface area contributed by atoms with Crippen molar-refractivity contribution in [1.82, 2.24) is 9.55 Å². The Morgan fingerprint density at radius 3 is 2.72 bits per heavy atom. The lowest BCUT2D eigenvalue weighted by Crippen LogP contribution is -2.28. The second-order valence-corrected chi connectivity index (χ2v) is 9.14. The summed E-state index contributed by atoms with van der Waals surface area (Å²) in [5.74, 6) is -1.38. The minimum absolute atomic E-state index is 0. The second-order valence-electron chi connectivity index (χ2n) is 9.14. The third-order valence-electron chi connectivity index (χ3n) is 6.97. The van der Waals surface area contributed by atoms with E-state index in [4.69, 9.17) is 4.74 Å². The fourth-order valence-corrected chi connectivity index (χ4v) is 5.26. The maximum Gasteiger partial charge on any atom is 0.326 e. The molecule has 2 aliphatic carbocycles. The quantitative estimate of drug-likeness (QED) is 0.645. The van der Waals surface area contributed by atoms with Crippen LogP contribution in [0.15, 0.2) is 28.6 Å². The van der Waals surface area contributed by atoms with Gasteiger partial charge in [0.25, 0.3) is 0 Å². The van der Waals surface area contributed by atoms with E-state index in [0.717, 1.165) is 51.0 Å². The number of hydrogen-bond acceptors (Lipinski definition) is 2. The monoisotopic (exact) mass is 406 g/mol. The molecule has 1 atom stereocenters. The number of allylic oxidation sites excluding steroid dienone is 2. The zero-order valence-electron chi connectivity index (χ0n) is 17.3. The second kappa shape index (κ2) is 8.05. The molecule has 1 saturated carbocycles. The van der Waals surface area contributed by atoms with Gasteiger partial charge < -0.3 is 9.72 Å². The average molecular weight is 407 g/mol. The van der Waals surface area contributed by atoms with Gasteiger partial charge in [0.2, 0.25) is 0 Å². The molecule has 4 rings (SSSR count). The van der Waals surface area contributed by atoms with Crippen LogP contribution < -0.4 is 5.69 Å². The summed E-state index contributed by atoms with van der Waals surface area (Å²) < 4.78 is 34.9. The predicted octanol–water partition coefficient (Wildman–Crippen LogP) is 5.88. The van der Waals surface area contributed by atoms with Crippen molar-refractivity contribution in [3.05, 3.63) is 45.9 Å². The zero-order chi connectivity index (χ0) is 20.6. The normalized spacial score (nSPS) is 28.3. The van der Waals surface area contributed by atoms with Crippen LogP contribution >= 0.6 is 0 Å². The van der Waals surface area contributed by atoms with Crippen LogP contribution in [-0.4, -0.2) is 22.8 Å². The maximum atomic E-state index is 14.1. The number of benzene rings is 1. The molecule has 1 fully saturated rings. The van der Waals surface area contributed by atoms with Crippen LogP contribution in [0.5, 0.6) is 0 Å². The average Bonchev–Trinajstić information content (AvgIpc) is 2.85. The molecular weight excluding hydrogens is 374 g/mol. The number of halogens is 2. The molecule has 2 aromatic rings. The van der Waals surface area contributed by atoms with Gasteiger partial charge in [0.05, 0.1) is 11.6 Å². The summed E-state index contributed by atoms with van der Waals surface area (Å²) in [5, 5.41) is 0. The van der Waals surface area contributed by atoms with Gasteiger partial charge in [-0.1, -0.05) is 18.6 Å². The van der Waals surface area contributed by atoms with E-state index >= 15 is 0 Å². The molecule has 0 bridgehead atoms. The van der Waals surface area contributed by atoms with Gasteiger partial charge in [-0.15, -0.1) is 0 Å². The Kier molecular flexibility index (Phi) is 5.65. The van der Waals surface area contributed by atoms with E-state index in [2.05, 4.69) is 18.0 Å². The van der Waals surface area contributed by atoms with E-state index in [1.165, 1.54) is 24.5 Å². The lowest BCUT2D eigenvalue weighted by Gasteiger charge is -2.37. The van der Waals surface area contributed by atoms with Gasteiger partial charge in [0.15, 0.2) is 5.82 Å². The van der Waals surface area contributed by atoms with Crippen LogP contribution in [-0.2, 0) is 4.74 Å². The molecule has 1 aromatic carbocycles. The van der Waals surface area contributed by atoms with Crippen molar-refractivity contribution >= 4 is 11.0 Å². The molecule has 0 saturated heterocycles. The predicted molar refractivity (Wildman–Crippen MR) is 112 cm³/mol. The fraction of sp³-hybridized carbons (Fsp3) is 0.609. The van der Waals surface area contributed by atoms with Crippen molar-refractivity contribution in [1.29, 1.82) is 0 Å². The Bertz CT molecular complexity index is 973. The van der Waals surface area contributed by atoms with E-state index < -0.39 is 11.6 Å². The Morgan fingerprint density at radius 1 is 1.24 bits per heavy atom. The highest BCUT2D eigenvalue weighted by Gasteiger charge is 2.32. The highest BCUT2D eigenvalue weighted by molar-refractivity contribution is 5.76. The Hall–Kier alpha value is -1.95. The summed E-state index contributed by atoms with van der Waals surface area (Å²) in [6.45, 7) is 2.37. The summed E-state index contributed by atoms with van der Waals surface area (Å²) >= 11 is 0. The van der Waals surface area contributed by atoms with E-state index in [9.17, 15) is 13.6 Å². The number of ether oxygens (including phenoxy) is 1. The number of rotatable bonds is 4. The number of imidazole rings is 1. The largest absolute Gasteiger partial charge is 0.381 e. The number of fused-ring (bicyclic) bond motifs is 1. The number of nitrogens with zero attached hydrogens (tertiary/aromatic N) is 1. The Labute approximate surface area is 171 Å². The first-order valence-electron chi connectivity index (χ1n) is 10.7. The third kappa shape index (κ3) is 4.18. The van der Waals surface area contributed by atoms with E-state index in [1.807, 2.05) is 0 Å². The molecule has 2 aliphatic rings. The fourth-order valence-electron chi connectivity index (χ4n) is 5.26. The van der Waals surface area contributed by atoms with Crippen molar-refractivity contribution < 1.29 is 14.9 Å². The summed E-state index contributed by atoms with van der Waals surface area (Å²) in [5.41, 5.74) is 1.82. The van der Waals surface area contributed by atoms with Gasteiger partial charge in [-0.05, 0) is 63.2 Å². The van der Waals surface area contributed by atoms with Crippen molar-refractivity contribution in [2.45, 2.75) is 76.9 Å². The van der Waals surface area contributed by atoms with Crippen LogP contribution in [0.4, 0.5) is 8.78 Å². The molecule has 1 unspecified atom stereocenters. The number of aromatic nitrogens is 2. The highest BCUT2D eigenvalue weighted by atomic mass is 19.1. The van der Waals surface area contributed by atoms with Crippen LogP contribution in [0.3, 0.4) is 0 Å². The van der Waals surface area contributed by atoms with Crippen molar-refractivity contribution in [2.24, 2.45) is 5.41 Å². The maximum absolute atomic E-state index is 14.1. The SMILES string of the molecule is COC1CCC(C)(CC2=CCCC(n3c(=O)[nH]c4c(F)cc(F)cc43)CC2)CC1.[HH]. The molecule has 6 heteroatoms. The highest BCUT2D eigenvalue weighted by Crippen LogP contribution is 2.43. The summed E-state index contributed by atoms with van der Waals surface area (Å²) in [7, 11) is 1.80. The Morgan fingerprint density at radius 2 is 2.00 bits per heavy atom. The van der Waals surface area contributed by atoms with Crippen LogP contribution in [0, 0.1) is 17.0 Å².